The Bertz CT molecular complexity index is 792. The number of benzene rings is 2. The molecule has 0 atom stereocenters. The van der Waals surface area contributed by atoms with Crippen LogP contribution in [0.2, 0.25) is 0 Å². The van der Waals surface area contributed by atoms with Crippen molar-refractivity contribution in [3.63, 3.8) is 0 Å². The van der Waals surface area contributed by atoms with Crippen LogP contribution in [0.4, 0.5) is 5.69 Å². The summed E-state index contributed by atoms with van der Waals surface area (Å²) in [7, 11) is 1.85. The van der Waals surface area contributed by atoms with E-state index in [0.717, 1.165) is 11.8 Å². The number of nitriles is 1. The number of hydrogen-bond acceptors (Lipinski definition) is 5. The molecule has 0 unspecified atom stereocenters. The van der Waals surface area contributed by atoms with E-state index in [1.54, 1.807) is 12.1 Å². The Morgan fingerprint density at radius 1 is 1.08 bits per heavy atom. The minimum Gasteiger partial charge on any atom is -0.492 e. The van der Waals surface area contributed by atoms with Crippen LogP contribution < -0.4 is 9.64 Å². The van der Waals surface area contributed by atoms with Crippen molar-refractivity contribution < 1.29 is 24.5 Å². The monoisotopic (exact) mass is 340 g/mol. The van der Waals surface area contributed by atoms with Crippen LogP contribution in [0.1, 0.15) is 26.3 Å². The summed E-state index contributed by atoms with van der Waals surface area (Å²) < 4.78 is 5.50. The molecule has 7 heteroatoms. The lowest BCUT2D eigenvalue weighted by Crippen LogP contribution is -2.23. The summed E-state index contributed by atoms with van der Waals surface area (Å²) in [4.78, 5) is 24.0. The summed E-state index contributed by atoms with van der Waals surface area (Å²) in [6.45, 7) is 0.726. The standard InChI is InChI=1S/C18H16N2O5/c1-20(15-4-2-12(11-19)3-5-15)6-7-25-16-9-13(17(21)22)8-14(10-16)18(23)24/h2-5,8-10H,6-7H2,1H3,(H,21,22)(H,23,24). The van der Waals surface area contributed by atoms with E-state index in [4.69, 9.17) is 20.2 Å². The van der Waals surface area contributed by atoms with E-state index in [9.17, 15) is 9.59 Å². The predicted molar refractivity (Wildman–Crippen MR) is 90.3 cm³/mol. The van der Waals surface area contributed by atoms with Gasteiger partial charge in [-0.05, 0) is 42.5 Å². The normalized spacial score (nSPS) is 9.92. The molecule has 2 N–H and O–H groups in total. The summed E-state index contributed by atoms with van der Waals surface area (Å²) >= 11 is 0. The number of rotatable bonds is 7. The van der Waals surface area contributed by atoms with Crippen molar-refractivity contribution in [2.75, 3.05) is 25.1 Å². The SMILES string of the molecule is CN(CCOc1cc(C(=O)O)cc(C(=O)O)c1)c1ccc(C#N)cc1. The van der Waals surface area contributed by atoms with Gasteiger partial charge in [-0.25, -0.2) is 9.59 Å². The second-order valence-electron chi connectivity index (χ2n) is 5.29. The topological polar surface area (TPSA) is 111 Å². The third kappa shape index (κ3) is 4.72. The first-order valence-corrected chi connectivity index (χ1v) is 7.36. The number of carboxylic acid groups (broad SMARTS) is 2. The second kappa shape index (κ2) is 7.84. The fraction of sp³-hybridized carbons (Fsp3) is 0.167. The lowest BCUT2D eigenvalue weighted by Gasteiger charge is -2.19. The Balaban J connectivity index is 2.01. The van der Waals surface area contributed by atoms with Crippen molar-refractivity contribution >= 4 is 17.6 Å². The van der Waals surface area contributed by atoms with Crippen LogP contribution in [0.3, 0.4) is 0 Å². The largest absolute Gasteiger partial charge is 0.492 e. The minimum atomic E-state index is -1.22. The van der Waals surface area contributed by atoms with Crippen molar-refractivity contribution in [3.05, 3.63) is 59.2 Å². The minimum absolute atomic E-state index is 0.143. The fourth-order valence-electron chi connectivity index (χ4n) is 2.15. The third-order valence-electron chi connectivity index (χ3n) is 3.53. The van der Waals surface area contributed by atoms with E-state index >= 15 is 0 Å². The van der Waals surface area contributed by atoms with Gasteiger partial charge in [-0.1, -0.05) is 0 Å². The van der Waals surface area contributed by atoms with E-state index in [1.807, 2.05) is 30.1 Å². The van der Waals surface area contributed by atoms with Crippen molar-refractivity contribution in [2.24, 2.45) is 0 Å². The van der Waals surface area contributed by atoms with Gasteiger partial charge < -0.3 is 19.8 Å². The smallest absolute Gasteiger partial charge is 0.335 e. The van der Waals surface area contributed by atoms with Gasteiger partial charge in [-0.3, -0.25) is 0 Å². The molecule has 2 rings (SSSR count). The zero-order chi connectivity index (χ0) is 18.4. The first kappa shape index (κ1) is 17.8. The van der Waals surface area contributed by atoms with Crippen LogP contribution in [-0.2, 0) is 0 Å². The Kier molecular flexibility index (Phi) is 5.58. The van der Waals surface area contributed by atoms with Crippen molar-refractivity contribution in [2.45, 2.75) is 0 Å². The van der Waals surface area contributed by atoms with Crippen molar-refractivity contribution in [1.29, 1.82) is 5.26 Å². The zero-order valence-corrected chi connectivity index (χ0v) is 13.5. The highest BCUT2D eigenvalue weighted by molar-refractivity contribution is 5.94. The molecule has 0 saturated heterocycles. The zero-order valence-electron chi connectivity index (χ0n) is 13.5. The van der Waals surface area contributed by atoms with E-state index in [0.29, 0.717) is 12.1 Å². The molecule has 0 amide bonds. The number of carbonyl (C=O) groups is 2. The Hall–Kier alpha value is -3.53. The van der Waals surface area contributed by atoms with E-state index in [-0.39, 0.29) is 23.5 Å². The highest BCUT2D eigenvalue weighted by Crippen LogP contribution is 2.18. The Morgan fingerprint density at radius 2 is 1.64 bits per heavy atom. The van der Waals surface area contributed by atoms with E-state index in [1.165, 1.54) is 12.1 Å². The summed E-state index contributed by atoms with van der Waals surface area (Å²) in [5, 5.41) is 26.9. The van der Waals surface area contributed by atoms with Gasteiger partial charge >= 0.3 is 11.9 Å². The van der Waals surface area contributed by atoms with Gasteiger partial charge in [0.1, 0.15) is 12.4 Å². The molecule has 2 aromatic rings. The summed E-state index contributed by atoms with van der Waals surface area (Å²) in [6.07, 6.45) is 0. The van der Waals surface area contributed by atoms with Gasteiger partial charge in [0.2, 0.25) is 0 Å². The lowest BCUT2D eigenvalue weighted by atomic mass is 10.1. The van der Waals surface area contributed by atoms with Crippen LogP contribution >= 0.6 is 0 Å². The number of nitrogens with zero attached hydrogens (tertiary/aromatic N) is 2. The predicted octanol–water partition coefficient (Wildman–Crippen LogP) is 2.47. The number of aromatic carboxylic acids is 2. The van der Waals surface area contributed by atoms with Gasteiger partial charge in [-0.2, -0.15) is 5.26 Å². The summed E-state index contributed by atoms with van der Waals surface area (Å²) in [6, 6.07) is 12.8. The van der Waals surface area contributed by atoms with Crippen LogP contribution in [0.25, 0.3) is 0 Å². The maximum atomic E-state index is 11.1. The van der Waals surface area contributed by atoms with Crippen LogP contribution in [-0.4, -0.2) is 42.4 Å². The van der Waals surface area contributed by atoms with E-state index in [2.05, 4.69) is 0 Å². The molecule has 0 aliphatic heterocycles. The first-order chi connectivity index (χ1) is 11.9. The first-order valence-electron chi connectivity index (χ1n) is 7.36. The third-order valence-corrected chi connectivity index (χ3v) is 3.53. The lowest BCUT2D eigenvalue weighted by molar-refractivity contribution is 0.0696. The van der Waals surface area contributed by atoms with Crippen molar-refractivity contribution in [3.8, 4) is 11.8 Å². The molecule has 0 aliphatic carbocycles. The fourth-order valence-corrected chi connectivity index (χ4v) is 2.15. The molecule has 0 fully saturated rings. The van der Waals surface area contributed by atoms with Crippen LogP contribution in [0.5, 0.6) is 5.75 Å². The number of hydrogen-bond donors (Lipinski definition) is 2. The molecule has 7 nitrogen and oxygen atoms in total. The maximum absolute atomic E-state index is 11.1. The molecule has 0 aliphatic rings. The average Bonchev–Trinajstić information content (AvgIpc) is 2.61. The highest BCUT2D eigenvalue weighted by atomic mass is 16.5. The molecule has 2 aromatic carbocycles. The van der Waals surface area contributed by atoms with Crippen LogP contribution in [0, 0.1) is 11.3 Å². The van der Waals surface area contributed by atoms with Gasteiger partial charge in [0.15, 0.2) is 0 Å². The molecule has 0 spiro atoms. The van der Waals surface area contributed by atoms with Crippen molar-refractivity contribution in [1.82, 2.24) is 0 Å². The molecule has 0 heterocycles. The van der Waals surface area contributed by atoms with Gasteiger partial charge in [0.05, 0.1) is 29.3 Å². The number of carboxylic acids is 2. The highest BCUT2D eigenvalue weighted by Gasteiger charge is 2.12. The summed E-state index contributed by atoms with van der Waals surface area (Å²) in [5.41, 5.74) is 1.18. The molecule has 0 bridgehead atoms. The Morgan fingerprint density at radius 3 is 2.12 bits per heavy atom. The molecule has 0 saturated carbocycles. The van der Waals surface area contributed by atoms with Gasteiger partial charge in [0, 0.05) is 12.7 Å². The molecule has 0 radical (unpaired) electrons. The van der Waals surface area contributed by atoms with Gasteiger partial charge in [0.25, 0.3) is 0 Å². The Labute approximate surface area is 144 Å². The molecule has 0 aromatic heterocycles. The molecule has 25 heavy (non-hydrogen) atoms. The number of anilines is 1. The maximum Gasteiger partial charge on any atom is 0.335 e. The molecular formula is C18H16N2O5. The quantitative estimate of drug-likeness (QED) is 0.796. The number of likely N-dealkylation sites (N-methyl/N-ethyl adjacent to an activating group) is 1. The second-order valence-corrected chi connectivity index (χ2v) is 5.29. The van der Waals surface area contributed by atoms with E-state index < -0.39 is 11.9 Å². The average molecular weight is 340 g/mol. The summed E-state index contributed by atoms with van der Waals surface area (Å²) in [5.74, 6) is -2.25. The molecule has 128 valence electrons. The molecular weight excluding hydrogens is 324 g/mol. The van der Waals surface area contributed by atoms with Gasteiger partial charge in [-0.15, -0.1) is 0 Å². The van der Waals surface area contributed by atoms with Crippen LogP contribution in [0.15, 0.2) is 42.5 Å². The number of ether oxygens (including phenoxy) is 1.